The molecular formula is C12H10FNO3. The van der Waals surface area contributed by atoms with Gasteiger partial charge in [-0.05, 0) is 13.0 Å². The molecule has 88 valence electrons. The Balaban J connectivity index is 2.57. The first-order valence-corrected chi connectivity index (χ1v) is 5.28. The zero-order chi connectivity index (χ0) is 12.2. The fraction of sp³-hybridized carbons (Fsp3) is 0.250. The van der Waals surface area contributed by atoms with Crippen molar-refractivity contribution in [2.45, 2.75) is 13.0 Å². The molecule has 0 radical (unpaired) electrons. The molecule has 17 heavy (non-hydrogen) atoms. The van der Waals surface area contributed by atoms with Crippen molar-refractivity contribution in [2.24, 2.45) is 0 Å². The van der Waals surface area contributed by atoms with Crippen molar-refractivity contribution in [1.29, 1.82) is 0 Å². The molecule has 0 amide bonds. The quantitative estimate of drug-likeness (QED) is 0.757. The normalized spacial score (nSPS) is 18.1. The van der Waals surface area contributed by atoms with E-state index in [1.165, 1.54) is 6.07 Å². The van der Waals surface area contributed by atoms with Crippen LogP contribution in [0.4, 0.5) is 4.39 Å². The Bertz CT molecular complexity index is 677. The van der Waals surface area contributed by atoms with Gasteiger partial charge in [0.15, 0.2) is 22.7 Å². The molecule has 0 fully saturated rings. The number of benzene rings is 1. The molecule has 0 saturated heterocycles. The van der Waals surface area contributed by atoms with E-state index in [1.54, 1.807) is 6.20 Å². The lowest BCUT2D eigenvalue weighted by Crippen LogP contribution is -2.22. The van der Waals surface area contributed by atoms with Crippen LogP contribution in [0.5, 0.6) is 11.5 Å². The Labute approximate surface area is 95.9 Å². The summed E-state index contributed by atoms with van der Waals surface area (Å²) in [7, 11) is 0. The van der Waals surface area contributed by atoms with Gasteiger partial charge in [0, 0.05) is 12.3 Å². The Morgan fingerprint density at radius 3 is 3.12 bits per heavy atom. The van der Waals surface area contributed by atoms with Gasteiger partial charge in [-0.15, -0.1) is 0 Å². The Morgan fingerprint density at radius 2 is 2.35 bits per heavy atom. The molecule has 0 bridgehead atoms. The van der Waals surface area contributed by atoms with E-state index in [0.717, 1.165) is 6.07 Å². The second-order valence-electron chi connectivity index (χ2n) is 4.18. The number of phenolic OH excluding ortho intramolecular Hbond substituents is 1. The van der Waals surface area contributed by atoms with Crippen LogP contribution in [0, 0.1) is 5.82 Å². The largest absolute Gasteiger partial charge is 0.502 e. The SMILES string of the molecule is CC1COc2c(O)c(F)cc3c(=O)ccn1c23. The molecule has 1 atom stereocenters. The molecule has 1 unspecified atom stereocenters. The summed E-state index contributed by atoms with van der Waals surface area (Å²) < 4.78 is 20.6. The molecule has 0 aliphatic carbocycles. The van der Waals surface area contributed by atoms with Crippen molar-refractivity contribution in [3.05, 3.63) is 34.4 Å². The number of hydrogen-bond donors (Lipinski definition) is 1. The standard InChI is InChI=1S/C12H10FNO3/c1-6-5-17-12-10-7(4-8(13)11(12)16)9(15)2-3-14(6)10/h2-4,6,16H,5H2,1H3. The van der Waals surface area contributed by atoms with Gasteiger partial charge in [-0.25, -0.2) is 4.39 Å². The molecule has 1 aliphatic heterocycles. The number of ether oxygens (including phenoxy) is 1. The van der Waals surface area contributed by atoms with Crippen LogP contribution in [-0.4, -0.2) is 16.3 Å². The van der Waals surface area contributed by atoms with E-state index in [4.69, 9.17) is 4.74 Å². The lowest BCUT2D eigenvalue weighted by Gasteiger charge is -2.26. The zero-order valence-corrected chi connectivity index (χ0v) is 9.11. The van der Waals surface area contributed by atoms with Crippen LogP contribution in [0.15, 0.2) is 23.1 Å². The predicted octanol–water partition coefficient (Wildman–Crippen LogP) is 1.80. The fourth-order valence-electron chi connectivity index (χ4n) is 2.15. The van der Waals surface area contributed by atoms with Crippen molar-refractivity contribution in [1.82, 2.24) is 4.57 Å². The molecule has 2 aromatic rings. The van der Waals surface area contributed by atoms with E-state index in [-0.39, 0.29) is 22.6 Å². The maximum absolute atomic E-state index is 13.5. The summed E-state index contributed by atoms with van der Waals surface area (Å²) in [6.07, 6.45) is 1.64. The van der Waals surface area contributed by atoms with Crippen molar-refractivity contribution in [2.75, 3.05) is 6.61 Å². The second kappa shape index (κ2) is 3.23. The van der Waals surface area contributed by atoms with Crippen LogP contribution in [-0.2, 0) is 0 Å². The first kappa shape index (κ1) is 10.1. The predicted molar refractivity (Wildman–Crippen MR) is 60.0 cm³/mol. The van der Waals surface area contributed by atoms with Gasteiger partial charge >= 0.3 is 0 Å². The van der Waals surface area contributed by atoms with Gasteiger partial charge in [-0.2, -0.15) is 0 Å². The summed E-state index contributed by atoms with van der Waals surface area (Å²) >= 11 is 0. The molecule has 0 spiro atoms. The minimum absolute atomic E-state index is 0.0375. The molecule has 1 aromatic carbocycles. The topological polar surface area (TPSA) is 51.5 Å². The third-order valence-corrected chi connectivity index (χ3v) is 3.04. The van der Waals surface area contributed by atoms with Crippen LogP contribution < -0.4 is 10.2 Å². The van der Waals surface area contributed by atoms with Gasteiger partial charge in [-0.3, -0.25) is 4.79 Å². The first-order valence-electron chi connectivity index (χ1n) is 5.28. The third kappa shape index (κ3) is 1.25. The third-order valence-electron chi connectivity index (χ3n) is 3.04. The highest BCUT2D eigenvalue weighted by Crippen LogP contribution is 2.39. The molecule has 1 aromatic heterocycles. The summed E-state index contributed by atoms with van der Waals surface area (Å²) in [5.41, 5.74) is 0.171. The Morgan fingerprint density at radius 1 is 1.59 bits per heavy atom. The highest BCUT2D eigenvalue weighted by molar-refractivity contribution is 5.88. The summed E-state index contributed by atoms with van der Waals surface area (Å²) in [6, 6.07) is 2.48. The maximum atomic E-state index is 13.5. The lowest BCUT2D eigenvalue weighted by molar-refractivity contribution is 0.234. The van der Waals surface area contributed by atoms with Gasteiger partial charge in [0.05, 0.1) is 16.9 Å². The summed E-state index contributed by atoms with van der Waals surface area (Å²) in [5, 5.41) is 9.84. The van der Waals surface area contributed by atoms with Crippen molar-refractivity contribution in [3.63, 3.8) is 0 Å². The molecule has 2 heterocycles. The number of halogens is 1. The number of pyridine rings is 1. The van der Waals surface area contributed by atoms with Gasteiger partial charge in [0.25, 0.3) is 0 Å². The molecule has 1 aliphatic rings. The summed E-state index contributed by atoms with van der Waals surface area (Å²) in [6.45, 7) is 2.26. The van der Waals surface area contributed by atoms with E-state index in [2.05, 4.69) is 0 Å². The van der Waals surface area contributed by atoms with Gasteiger partial charge in [-0.1, -0.05) is 0 Å². The van der Waals surface area contributed by atoms with E-state index in [0.29, 0.717) is 12.1 Å². The van der Waals surface area contributed by atoms with Crippen molar-refractivity contribution < 1.29 is 14.2 Å². The Kier molecular flexibility index (Phi) is 1.92. The molecule has 4 nitrogen and oxygen atoms in total. The molecule has 3 rings (SSSR count). The highest BCUT2D eigenvalue weighted by Gasteiger charge is 2.24. The van der Waals surface area contributed by atoms with E-state index < -0.39 is 11.6 Å². The smallest absolute Gasteiger partial charge is 0.196 e. The van der Waals surface area contributed by atoms with Crippen LogP contribution in [0.1, 0.15) is 13.0 Å². The highest BCUT2D eigenvalue weighted by atomic mass is 19.1. The Hall–Kier alpha value is -2.04. The van der Waals surface area contributed by atoms with Crippen molar-refractivity contribution in [3.8, 4) is 11.5 Å². The second-order valence-corrected chi connectivity index (χ2v) is 4.18. The number of phenols is 1. The average molecular weight is 235 g/mol. The molecule has 5 heteroatoms. The minimum atomic E-state index is -0.836. The van der Waals surface area contributed by atoms with Crippen LogP contribution >= 0.6 is 0 Å². The molecule has 0 saturated carbocycles. The number of aromatic hydroxyl groups is 1. The van der Waals surface area contributed by atoms with Gasteiger partial charge in [0.2, 0.25) is 0 Å². The van der Waals surface area contributed by atoms with Crippen LogP contribution in [0.3, 0.4) is 0 Å². The number of nitrogens with zero attached hydrogens (tertiary/aromatic N) is 1. The van der Waals surface area contributed by atoms with Gasteiger partial charge < -0.3 is 14.4 Å². The van der Waals surface area contributed by atoms with E-state index >= 15 is 0 Å². The van der Waals surface area contributed by atoms with E-state index in [1.807, 2.05) is 11.5 Å². The molecular weight excluding hydrogens is 225 g/mol. The van der Waals surface area contributed by atoms with Crippen molar-refractivity contribution >= 4 is 10.9 Å². The number of rotatable bonds is 0. The summed E-state index contributed by atoms with van der Waals surface area (Å²) in [4.78, 5) is 11.7. The molecule has 1 N–H and O–H groups in total. The maximum Gasteiger partial charge on any atom is 0.196 e. The summed E-state index contributed by atoms with van der Waals surface area (Å²) in [5.74, 6) is -1.32. The number of hydrogen-bond acceptors (Lipinski definition) is 3. The monoisotopic (exact) mass is 235 g/mol. The van der Waals surface area contributed by atoms with Crippen LogP contribution in [0.2, 0.25) is 0 Å². The first-order chi connectivity index (χ1) is 8.09. The lowest BCUT2D eigenvalue weighted by atomic mass is 10.1. The minimum Gasteiger partial charge on any atom is -0.502 e. The van der Waals surface area contributed by atoms with E-state index in [9.17, 15) is 14.3 Å². The zero-order valence-electron chi connectivity index (χ0n) is 9.11. The number of aromatic nitrogens is 1. The average Bonchev–Trinajstić information content (AvgIpc) is 2.31. The van der Waals surface area contributed by atoms with Gasteiger partial charge in [0.1, 0.15) is 6.61 Å². The van der Waals surface area contributed by atoms with Crippen LogP contribution in [0.25, 0.3) is 10.9 Å². The fourth-order valence-corrected chi connectivity index (χ4v) is 2.15.